The molecule has 0 saturated carbocycles. The number of hydrogen-bond acceptors (Lipinski definition) is 0. The zero-order valence-corrected chi connectivity index (χ0v) is 16.6. The second-order valence-electron chi connectivity index (χ2n) is 7.66. The maximum atomic E-state index is 2.37. The molecule has 2 heterocycles. The van der Waals surface area contributed by atoms with Crippen LogP contribution in [0.3, 0.4) is 0 Å². The van der Waals surface area contributed by atoms with Crippen LogP contribution in [-0.2, 0) is 20.5 Å². The van der Waals surface area contributed by atoms with Gasteiger partial charge in [-0.2, -0.15) is 4.57 Å². The van der Waals surface area contributed by atoms with Gasteiger partial charge in [0.15, 0.2) is 6.20 Å². The molecule has 4 aromatic rings. The molecule has 1 aliphatic carbocycles. The molecule has 5 rings (SSSR count). The van der Waals surface area contributed by atoms with Gasteiger partial charge < -0.3 is 0 Å². The lowest BCUT2D eigenvalue weighted by Gasteiger charge is -2.11. The van der Waals surface area contributed by atoms with Crippen molar-refractivity contribution in [1.82, 2.24) is 0 Å². The Morgan fingerprint density at radius 2 is 1.36 bits per heavy atom. The number of rotatable bonds is 2. The average molecular weight is 364 g/mol. The van der Waals surface area contributed by atoms with Crippen molar-refractivity contribution in [3.63, 3.8) is 0 Å². The molecule has 0 atom stereocenters. The smallest absolute Gasteiger partial charge is 0.201 e. The molecule has 28 heavy (non-hydrogen) atoms. The fourth-order valence-electron chi connectivity index (χ4n) is 4.58. The molecule has 0 amide bonds. The van der Waals surface area contributed by atoms with E-state index in [1.807, 2.05) is 0 Å². The first-order valence-electron chi connectivity index (χ1n) is 9.80. The number of pyridine rings is 2. The van der Waals surface area contributed by atoms with Crippen molar-refractivity contribution in [2.24, 2.45) is 14.1 Å². The van der Waals surface area contributed by atoms with Gasteiger partial charge in [-0.1, -0.05) is 24.3 Å². The van der Waals surface area contributed by atoms with Crippen molar-refractivity contribution in [3.8, 4) is 33.8 Å². The van der Waals surface area contributed by atoms with Crippen molar-refractivity contribution in [2.75, 3.05) is 0 Å². The minimum atomic E-state index is 1.03. The molecule has 1 aliphatic rings. The first kappa shape index (κ1) is 16.9. The van der Waals surface area contributed by atoms with Crippen LogP contribution < -0.4 is 9.13 Å². The molecule has 2 aromatic heterocycles. The van der Waals surface area contributed by atoms with Crippen LogP contribution in [0.25, 0.3) is 33.8 Å². The average Bonchev–Trinajstić information content (AvgIpc) is 3.09. The zero-order chi connectivity index (χ0) is 19.3. The van der Waals surface area contributed by atoms with Gasteiger partial charge in [0.2, 0.25) is 17.1 Å². The molecule has 2 nitrogen and oxygen atoms in total. The monoisotopic (exact) mass is 364 g/mol. The molecule has 0 fully saturated rings. The second-order valence-corrected chi connectivity index (χ2v) is 7.66. The topological polar surface area (TPSA) is 7.76 Å². The maximum Gasteiger partial charge on any atom is 0.216 e. The summed E-state index contributed by atoms with van der Waals surface area (Å²) in [6.07, 6.45) is 3.13. The fourth-order valence-corrected chi connectivity index (χ4v) is 4.58. The van der Waals surface area contributed by atoms with Crippen molar-refractivity contribution in [3.05, 3.63) is 95.7 Å². The highest BCUT2D eigenvalue weighted by Crippen LogP contribution is 2.36. The number of aryl methyl sites for hydroxylation is 1. The third-order valence-corrected chi connectivity index (χ3v) is 6.04. The molecule has 0 saturated heterocycles. The molecule has 2 aromatic carbocycles. The molecule has 0 bridgehead atoms. The summed E-state index contributed by atoms with van der Waals surface area (Å²) in [5, 5.41) is 0. The van der Waals surface area contributed by atoms with Crippen molar-refractivity contribution < 1.29 is 9.13 Å². The van der Waals surface area contributed by atoms with Gasteiger partial charge >= 0.3 is 0 Å². The van der Waals surface area contributed by atoms with Crippen LogP contribution in [0.5, 0.6) is 0 Å². The highest BCUT2D eigenvalue weighted by Gasteiger charge is 2.29. The summed E-state index contributed by atoms with van der Waals surface area (Å²) in [6.45, 7) is 2.23. The Labute approximate surface area is 166 Å². The lowest BCUT2D eigenvalue weighted by atomic mass is 9.96. The van der Waals surface area contributed by atoms with E-state index in [0.717, 1.165) is 6.42 Å². The SMILES string of the molecule is Cc1c(-c2cccc[n+]2C)cccc1-c1ccc2c([n+]1C)-c1ccccc1C2. The van der Waals surface area contributed by atoms with Crippen molar-refractivity contribution in [2.45, 2.75) is 13.3 Å². The first-order chi connectivity index (χ1) is 13.6. The lowest BCUT2D eigenvalue weighted by Crippen LogP contribution is -2.34. The molecule has 136 valence electrons. The number of nitrogens with zero attached hydrogens (tertiary/aromatic N) is 2. The van der Waals surface area contributed by atoms with E-state index in [9.17, 15) is 0 Å². The second kappa shape index (κ2) is 6.42. The van der Waals surface area contributed by atoms with Crippen LogP contribution in [0.2, 0.25) is 0 Å². The van der Waals surface area contributed by atoms with E-state index in [1.165, 1.54) is 50.5 Å². The molecule has 0 spiro atoms. The fraction of sp³-hybridized carbons (Fsp3) is 0.154. The van der Waals surface area contributed by atoms with E-state index in [0.29, 0.717) is 0 Å². The number of benzene rings is 2. The van der Waals surface area contributed by atoms with E-state index < -0.39 is 0 Å². The Bertz CT molecular complexity index is 1220. The Morgan fingerprint density at radius 1 is 0.643 bits per heavy atom. The van der Waals surface area contributed by atoms with Gasteiger partial charge in [-0.15, -0.1) is 0 Å². The lowest BCUT2D eigenvalue weighted by molar-refractivity contribution is -0.660. The normalized spacial score (nSPS) is 12.0. The molecular weight excluding hydrogens is 340 g/mol. The first-order valence-corrected chi connectivity index (χ1v) is 9.80. The molecule has 0 radical (unpaired) electrons. The van der Waals surface area contributed by atoms with Crippen LogP contribution in [0.4, 0.5) is 0 Å². The van der Waals surface area contributed by atoms with Gasteiger partial charge in [-0.25, -0.2) is 4.57 Å². The van der Waals surface area contributed by atoms with Crippen LogP contribution in [0, 0.1) is 6.92 Å². The van der Waals surface area contributed by atoms with Gasteiger partial charge in [-0.3, -0.25) is 0 Å². The third kappa shape index (κ3) is 2.49. The maximum absolute atomic E-state index is 2.37. The summed E-state index contributed by atoms with van der Waals surface area (Å²) in [4.78, 5) is 0. The largest absolute Gasteiger partial charge is 0.216 e. The molecule has 2 heteroatoms. The molecule has 0 aliphatic heterocycles. The summed E-state index contributed by atoms with van der Waals surface area (Å²) in [5.74, 6) is 0. The summed E-state index contributed by atoms with van der Waals surface area (Å²) < 4.78 is 4.56. The molecule has 0 unspecified atom stereocenters. The Kier molecular flexibility index (Phi) is 3.87. The van der Waals surface area contributed by atoms with Gasteiger partial charge in [0.05, 0.1) is 0 Å². The summed E-state index contributed by atoms with van der Waals surface area (Å²) in [5.41, 5.74) is 11.9. The Balaban J connectivity index is 1.71. The van der Waals surface area contributed by atoms with Crippen LogP contribution in [0.1, 0.15) is 16.7 Å². The Hall–Kier alpha value is -3.26. The highest BCUT2D eigenvalue weighted by molar-refractivity contribution is 5.76. The van der Waals surface area contributed by atoms with E-state index >= 15 is 0 Å². The standard InChI is InChI=1S/C26H24N2/c1-18-21(24-13-6-7-16-27(24)2)11-8-12-22(18)25-15-14-20-17-19-9-4-5-10-23(19)26(20)28(25)3/h4-16H,17H2,1-3H3/q+2. The zero-order valence-electron chi connectivity index (χ0n) is 16.6. The van der Waals surface area contributed by atoms with E-state index in [-0.39, 0.29) is 0 Å². The van der Waals surface area contributed by atoms with Crippen LogP contribution in [-0.4, -0.2) is 0 Å². The summed E-state index contributed by atoms with van der Waals surface area (Å²) in [6, 6.07) is 26.4. The quantitative estimate of drug-likeness (QED) is 0.406. The van der Waals surface area contributed by atoms with Crippen molar-refractivity contribution in [1.29, 1.82) is 0 Å². The Morgan fingerprint density at radius 3 is 2.18 bits per heavy atom. The number of aromatic nitrogens is 2. The van der Waals surface area contributed by atoms with Gasteiger partial charge in [0, 0.05) is 46.9 Å². The van der Waals surface area contributed by atoms with Crippen LogP contribution >= 0.6 is 0 Å². The number of fused-ring (bicyclic) bond motifs is 3. The minimum absolute atomic E-state index is 1.03. The van der Waals surface area contributed by atoms with Gasteiger partial charge in [0.25, 0.3) is 0 Å². The number of hydrogen-bond donors (Lipinski definition) is 0. The van der Waals surface area contributed by atoms with Gasteiger partial charge in [-0.05, 0) is 48.4 Å². The summed E-state index contributed by atoms with van der Waals surface area (Å²) in [7, 11) is 4.30. The third-order valence-electron chi connectivity index (χ3n) is 6.04. The van der Waals surface area contributed by atoms with Crippen molar-refractivity contribution >= 4 is 0 Å². The predicted molar refractivity (Wildman–Crippen MR) is 113 cm³/mol. The van der Waals surface area contributed by atoms with E-state index in [4.69, 9.17) is 0 Å². The summed E-state index contributed by atoms with van der Waals surface area (Å²) >= 11 is 0. The molecule has 0 N–H and O–H groups in total. The van der Waals surface area contributed by atoms with Gasteiger partial charge in [0.1, 0.15) is 14.1 Å². The minimum Gasteiger partial charge on any atom is -0.201 e. The highest BCUT2D eigenvalue weighted by atomic mass is 15.0. The predicted octanol–water partition coefficient (Wildman–Crippen LogP) is 4.55. The van der Waals surface area contributed by atoms with E-state index in [1.54, 1.807) is 0 Å². The van der Waals surface area contributed by atoms with E-state index in [2.05, 4.69) is 109 Å². The molecular formula is C26H24N2+2. The van der Waals surface area contributed by atoms with Crippen LogP contribution in [0.15, 0.2) is 79.0 Å².